The lowest BCUT2D eigenvalue weighted by Gasteiger charge is -2.07. The lowest BCUT2D eigenvalue weighted by atomic mass is 10.3. The normalized spacial score (nSPS) is 10.2. The van der Waals surface area contributed by atoms with Gasteiger partial charge in [0.15, 0.2) is 18.2 Å². The van der Waals surface area contributed by atoms with Crippen LogP contribution in [0.3, 0.4) is 0 Å². The molecule has 0 aliphatic rings. The van der Waals surface area contributed by atoms with E-state index in [1.165, 1.54) is 6.39 Å². The standard InChI is InChI=1S/C13H10N6O/c1-8-17-12(15-6-14)5-13(18-8)19-9-2-3-10-11(4-9)20-7-16-10/h2-5,7H,1H3,(H2,15,17,18,19). The van der Waals surface area contributed by atoms with Gasteiger partial charge >= 0.3 is 0 Å². The first-order valence-corrected chi connectivity index (χ1v) is 5.86. The number of hydrogen-bond acceptors (Lipinski definition) is 7. The van der Waals surface area contributed by atoms with E-state index >= 15 is 0 Å². The zero-order chi connectivity index (χ0) is 13.9. The average Bonchev–Trinajstić information content (AvgIpc) is 2.85. The second kappa shape index (κ2) is 4.85. The summed E-state index contributed by atoms with van der Waals surface area (Å²) in [6.07, 6.45) is 3.23. The van der Waals surface area contributed by atoms with E-state index in [1.54, 1.807) is 13.0 Å². The number of oxazole rings is 1. The predicted molar refractivity (Wildman–Crippen MR) is 73.3 cm³/mol. The molecule has 0 atom stereocenters. The Kier molecular flexibility index (Phi) is 2.89. The number of rotatable bonds is 3. The number of aryl methyl sites for hydroxylation is 1. The van der Waals surface area contributed by atoms with E-state index in [9.17, 15) is 0 Å². The van der Waals surface area contributed by atoms with E-state index in [0.717, 1.165) is 11.2 Å². The predicted octanol–water partition coefficient (Wildman–Crippen LogP) is 2.56. The summed E-state index contributed by atoms with van der Waals surface area (Å²) in [6.45, 7) is 1.76. The van der Waals surface area contributed by atoms with E-state index in [0.29, 0.717) is 23.0 Å². The van der Waals surface area contributed by atoms with E-state index in [-0.39, 0.29) is 0 Å². The Hall–Kier alpha value is -3.14. The highest BCUT2D eigenvalue weighted by molar-refractivity contribution is 5.78. The molecule has 2 heterocycles. The average molecular weight is 266 g/mol. The van der Waals surface area contributed by atoms with Crippen molar-refractivity contribution in [1.82, 2.24) is 15.0 Å². The lowest BCUT2D eigenvalue weighted by Crippen LogP contribution is -2.00. The maximum absolute atomic E-state index is 8.62. The smallest absolute Gasteiger partial charge is 0.182 e. The zero-order valence-corrected chi connectivity index (χ0v) is 10.6. The minimum atomic E-state index is 0.447. The van der Waals surface area contributed by atoms with Crippen LogP contribution in [0.4, 0.5) is 17.3 Å². The van der Waals surface area contributed by atoms with E-state index in [2.05, 4.69) is 25.6 Å². The van der Waals surface area contributed by atoms with E-state index < -0.39 is 0 Å². The number of nitrogens with one attached hydrogen (secondary N) is 2. The van der Waals surface area contributed by atoms with Gasteiger partial charge in [-0.3, -0.25) is 5.32 Å². The summed E-state index contributed by atoms with van der Waals surface area (Å²) < 4.78 is 5.24. The number of hydrogen-bond donors (Lipinski definition) is 2. The molecule has 0 unspecified atom stereocenters. The first kappa shape index (κ1) is 11.9. The summed E-state index contributed by atoms with van der Waals surface area (Å²) in [4.78, 5) is 12.4. The van der Waals surface area contributed by atoms with Gasteiger partial charge in [-0.1, -0.05) is 0 Å². The third-order valence-corrected chi connectivity index (χ3v) is 2.63. The molecule has 0 radical (unpaired) electrons. The monoisotopic (exact) mass is 266 g/mol. The first-order valence-electron chi connectivity index (χ1n) is 5.86. The Morgan fingerprint density at radius 3 is 2.90 bits per heavy atom. The molecule has 0 saturated carbocycles. The molecular formula is C13H10N6O. The van der Waals surface area contributed by atoms with E-state index in [4.69, 9.17) is 9.68 Å². The Labute approximate surface area is 114 Å². The van der Waals surface area contributed by atoms with Gasteiger partial charge in [-0.2, -0.15) is 5.26 Å². The van der Waals surface area contributed by atoms with Crippen molar-refractivity contribution in [2.75, 3.05) is 10.6 Å². The summed E-state index contributed by atoms with van der Waals surface area (Å²) in [7, 11) is 0. The van der Waals surface area contributed by atoms with Gasteiger partial charge in [-0.25, -0.2) is 15.0 Å². The Morgan fingerprint density at radius 2 is 2.05 bits per heavy atom. The molecule has 98 valence electrons. The van der Waals surface area contributed by atoms with Crippen LogP contribution in [0.25, 0.3) is 11.1 Å². The molecule has 2 aromatic heterocycles. The fourth-order valence-electron chi connectivity index (χ4n) is 1.83. The Balaban J connectivity index is 1.91. The van der Waals surface area contributed by atoms with Crippen LogP contribution in [-0.2, 0) is 0 Å². The van der Waals surface area contributed by atoms with Crippen LogP contribution in [0.15, 0.2) is 35.1 Å². The number of anilines is 3. The van der Waals surface area contributed by atoms with Crippen molar-refractivity contribution in [3.8, 4) is 6.19 Å². The minimum absolute atomic E-state index is 0.447. The zero-order valence-electron chi connectivity index (χ0n) is 10.6. The van der Waals surface area contributed by atoms with Gasteiger partial charge in [0.1, 0.15) is 23.0 Å². The summed E-state index contributed by atoms with van der Waals surface area (Å²) in [6, 6.07) is 7.21. The lowest BCUT2D eigenvalue weighted by molar-refractivity contribution is 0.602. The van der Waals surface area contributed by atoms with Crippen molar-refractivity contribution < 1.29 is 4.42 Å². The number of benzene rings is 1. The van der Waals surface area contributed by atoms with Crippen molar-refractivity contribution >= 4 is 28.4 Å². The molecule has 0 spiro atoms. The van der Waals surface area contributed by atoms with Crippen LogP contribution in [0.1, 0.15) is 5.82 Å². The van der Waals surface area contributed by atoms with Gasteiger partial charge < -0.3 is 9.73 Å². The molecule has 7 nitrogen and oxygen atoms in total. The molecule has 0 bridgehead atoms. The van der Waals surface area contributed by atoms with Crippen LogP contribution in [0.5, 0.6) is 0 Å². The van der Waals surface area contributed by atoms with Gasteiger partial charge in [0.25, 0.3) is 0 Å². The number of fused-ring (bicyclic) bond motifs is 1. The molecule has 1 aromatic carbocycles. The minimum Gasteiger partial charge on any atom is -0.443 e. The molecule has 3 rings (SSSR count). The van der Waals surface area contributed by atoms with Gasteiger partial charge in [-0.05, 0) is 19.1 Å². The molecular weight excluding hydrogens is 256 g/mol. The number of nitrogens with zero attached hydrogens (tertiary/aromatic N) is 4. The topological polar surface area (TPSA) is 99.7 Å². The van der Waals surface area contributed by atoms with Crippen molar-refractivity contribution in [1.29, 1.82) is 5.26 Å². The summed E-state index contributed by atoms with van der Waals surface area (Å²) in [5, 5.41) is 14.2. The van der Waals surface area contributed by atoms with E-state index in [1.807, 2.05) is 24.4 Å². The SMILES string of the molecule is Cc1nc(NC#N)cc(Nc2ccc3ncoc3c2)n1. The first-order chi connectivity index (χ1) is 9.74. The maximum Gasteiger partial charge on any atom is 0.182 e. The van der Waals surface area contributed by atoms with Crippen molar-refractivity contribution in [3.63, 3.8) is 0 Å². The second-order valence-electron chi connectivity index (χ2n) is 4.08. The molecule has 0 fully saturated rings. The largest absolute Gasteiger partial charge is 0.443 e. The highest BCUT2D eigenvalue weighted by atomic mass is 16.3. The molecule has 0 saturated heterocycles. The number of nitriles is 1. The summed E-state index contributed by atoms with van der Waals surface area (Å²) >= 11 is 0. The van der Waals surface area contributed by atoms with Gasteiger partial charge in [0.2, 0.25) is 0 Å². The van der Waals surface area contributed by atoms with Crippen LogP contribution in [-0.4, -0.2) is 15.0 Å². The number of aromatic nitrogens is 3. The molecule has 0 aliphatic heterocycles. The molecule has 3 aromatic rings. The van der Waals surface area contributed by atoms with Crippen molar-refractivity contribution in [2.45, 2.75) is 6.92 Å². The van der Waals surface area contributed by atoms with Gasteiger partial charge in [0.05, 0.1) is 0 Å². The third-order valence-electron chi connectivity index (χ3n) is 2.63. The molecule has 0 amide bonds. The fraction of sp³-hybridized carbons (Fsp3) is 0.0769. The Bertz CT molecular complexity index is 804. The summed E-state index contributed by atoms with van der Waals surface area (Å²) in [5.74, 6) is 1.60. The highest BCUT2D eigenvalue weighted by Gasteiger charge is 2.04. The van der Waals surface area contributed by atoms with Crippen LogP contribution in [0, 0.1) is 18.4 Å². The van der Waals surface area contributed by atoms with Crippen LogP contribution >= 0.6 is 0 Å². The van der Waals surface area contributed by atoms with Gasteiger partial charge in [-0.15, -0.1) is 0 Å². The molecule has 20 heavy (non-hydrogen) atoms. The fourth-order valence-corrected chi connectivity index (χ4v) is 1.83. The summed E-state index contributed by atoms with van der Waals surface area (Å²) in [5.41, 5.74) is 2.30. The van der Waals surface area contributed by atoms with Crippen LogP contribution < -0.4 is 10.6 Å². The van der Waals surface area contributed by atoms with Crippen molar-refractivity contribution in [2.24, 2.45) is 0 Å². The Morgan fingerprint density at radius 1 is 1.20 bits per heavy atom. The quantitative estimate of drug-likeness (QED) is 0.555. The molecule has 7 heteroatoms. The second-order valence-corrected chi connectivity index (χ2v) is 4.08. The highest BCUT2D eigenvalue weighted by Crippen LogP contribution is 2.21. The van der Waals surface area contributed by atoms with Gasteiger partial charge in [0, 0.05) is 17.8 Å². The molecule has 0 aliphatic carbocycles. The maximum atomic E-state index is 8.62. The van der Waals surface area contributed by atoms with Crippen LogP contribution in [0.2, 0.25) is 0 Å². The third kappa shape index (κ3) is 2.35. The molecule has 2 N–H and O–H groups in total. The van der Waals surface area contributed by atoms with Crippen molar-refractivity contribution in [3.05, 3.63) is 36.5 Å².